The Kier molecular flexibility index (Phi) is 2.24. The van der Waals surface area contributed by atoms with E-state index >= 15 is 0 Å². The number of hydrogen-bond donors (Lipinski definition) is 2. The highest BCUT2D eigenvalue weighted by molar-refractivity contribution is 5.94. The molecule has 0 aromatic heterocycles. The highest BCUT2D eigenvalue weighted by atomic mass is 16.5. The fourth-order valence-corrected chi connectivity index (χ4v) is 5.99. The van der Waals surface area contributed by atoms with Crippen LogP contribution in [0.2, 0.25) is 0 Å². The number of carbonyl (C=O) groups excluding carboxylic acids is 1. The molecule has 2 aliphatic carbocycles. The number of carbonyl (C=O) groups is 1. The number of aliphatic hydroxyl groups is 1. The number of rotatable bonds is 0. The Morgan fingerprint density at radius 2 is 2.13 bits per heavy atom. The topological polar surface area (TPSA) is 70.0 Å². The van der Waals surface area contributed by atoms with Gasteiger partial charge in [0.05, 0.1) is 11.0 Å². The number of nitrogens with zero attached hydrogens (tertiary/aromatic N) is 1. The number of benzene rings is 1. The number of likely N-dealkylation sites (tertiary alicyclic amines) is 1. The number of ketones is 1. The summed E-state index contributed by atoms with van der Waals surface area (Å²) in [5.41, 5.74) is -0.837. The summed E-state index contributed by atoms with van der Waals surface area (Å²) in [6, 6.07) is 3.56. The Balaban J connectivity index is 1.92. The van der Waals surface area contributed by atoms with Crippen molar-refractivity contribution in [1.29, 1.82) is 0 Å². The van der Waals surface area contributed by atoms with Crippen molar-refractivity contribution in [2.45, 2.75) is 55.3 Å². The molecule has 1 saturated carbocycles. The molecule has 4 aliphatic rings. The average Bonchev–Trinajstić information content (AvgIpc) is 2.79. The SMILES string of the molecule is CN1CC[C@]23c4c5ccc(O)c4O[C@@]2(C)C(=O)CC[C@@]3(O)[C@H]1C5. The summed E-state index contributed by atoms with van der Waals surface area (Å²) in [4.78, 5) is 15.1. The second kappa shape index (κ2) is 3.73. The Bertz CT molecular complexity index is 762. The Morgan fingerprint density at radius 3 is 2.91 bits per heavy atom. The first-order valence-electron chi connectivity index (χ1n) is 8.35. The highest BCUT2D eigenvalue weighted by Crippen LogP contribution is 2.68. The second-order valence-electron chi connectivity index (χ2n) is 7.79. The lowest BCUT2D eigenvalue weighted by Crippen LogP contribution is -2.79. The van der Waals surface area contributed by atoms with E-state index < -0.39 is 16.6 Å². The maximum atomic E-state index is 12.8. The van der Waals surface area contributed by atoms with Crippen molar-refractivity contribution < 1.29 is 19.7 Å². The minimum atomic E-state index is -1.09. The minimum absolute atomic E-state index is 0.0183. The van der Waals surface area contributed by atoms with E-state index in [1.165, 1.54) is 0 Å². The summed E-state index contributed by atoms with van der Waals surface area (Å²) in [5, 5.41) is 22.1. The zero-order chi connectivity index (χ0) is 16.2. The molecule has 1 aromatic rings. The normalized spacial score (nSPS) is 44.0. The van der Waals surface area contributed by atoms with Crippen molar-refractivity contribution in [2.24, 2.45) is 0 Å². The molecule has 2 aliphatic heterocycles. The molecule has 0 radical (unpaired) electrons. The van der Waals surface area contributed by atoms with Crippen LogP contribution < -0.4 is 4.74 Å². The van der Waals surface area contributed by atoms with Crippen molar-refractivity contribution >= 4 is 5.78 Å². The van der Waals surface area contributed by atoms with Gasteiger partial charge in [-0.2, -0.15) is 0 Å². The largest absolute Gasteiger partial charge is 0.504 e. The average molecular weight is 315 g/mol. The lowest BCUT2D eigenvalue weighted by atomic mass is 9.45. The Hall–Kier alpha value is -1.59. The summed E-state index contributed by atoms with van der Waals surface area (Å²) in [5.74, 6) is 0.525. The van der Waals surface area contributed by atoms with Gasteiger partial charge in [-0.1, -0.05) is 6.07 Å². The first-order valence-corrected chi connectivity index (χ1v) is 8.35. The monoisotopic (exact) mass is 315 g/mol. The van der Waals surface area contributed by atoms with Gasteiger partial charge in [0.1, 0.15) is 0 Å². The quantitative estimate of drug-likeness (QED) is 0.751. The summed E-state index contributed by atoms with van der Waals surface area (Å²) in [6.07, 6.45) is 2.19. The smallest absolute Gasteiger partial charge is 0.177 e. The molecule has 5 rings (SSSR count). The van der Waals surface area contributed by atoms with Crippen molar-refractivity contribution in [3.8, 4) is 11.5 Å². The van der Waals surface area contributed by atoms with Gasteiger partial charge in [0.2, 0.25) is 0 Å². The number of piperidine rings is 1. The van der Waals surface area contributed by atoms with E-state index in [0.29, 0.717) is 25.0 Å². The number of phenolic OH excluding ortho intramolecular Hbond substituents is 1. The zero-order valence-electron chi connectivity index (χ0n) is 13.4. The van der Waals surface area contributed by atoms with Crippen LogP contribution >= 0.6 is 0 Å². The summed E-state index contributed by atoms with van der Waals surface area (Å²) >= 11 is 0. The lowest BCUT2D eigenvalue weighted by Gasteiger charge is -2.64. The summed E-state index contributed by atoms with van der Waals surface area (Å²) in [6.45, 7) is 2.63. The van der Waals surface area contributed by atoms with Gasteiger partial charge in [-0.25, -0.2) is 0 Å². The third-order valence-corrected chi connectivity index (χ3v) is 7.11. The highest BCUT2D eigenvalue weighted by Gasteiger charge is 2.77. The van der Waals surface area contributed by atoms with E-state index in [-0.39, 0.29) is 17.6 Å². The number of aromatic hydroxyl groups is 1. The van der Waals surface area contributed by atoms with Crippen LogP contribution in [0.15, 0.2) is 12.1 Å². The molecule has 1 saturated heterocycles. The molecule has 1 spiro atoms. The molecule has 4 atom stereocenters. The van der Waals surface area contributed by atoms with E-state index in [9.17, 15) is 15.0 Å². The van der Waals surface area contributed by atoms with Crippen LogP contribution in [0.3, 0.4) is 0 Å². The maximum absolute atomic E-state index is 12.8. The predicted octanol–water partition coefficient (Wildman–Crippen LogP) is 1.14. The standard InChI is InChI=1S/C18H21NO4/c1-16-13(21)5-6-18(22)12-9-10-3-4-11(20)15(23-16)14(10)17(16,18)7-8-19(12)2/h3-4,12,20,22H,5-9H2,1-2H3/t12-,16+,17+,18-/m1/s1. The fraction of sp³-hybridized carbons (Fsp3) is 0.611. The molecule has 2 heterocycles. The van der Waals surface area contributed by atoms with E-state index in [4.69, 9.17) is 4.74 Å². The fourth-order valence-electron chi connectivity index (χ4n) is 5.99. The van der Waals surface area contributed by atoms with Crippen LogP contribution in [0.5, 0.6) is 11.5 Å². The van der Waals surface area contributed by atoms with Gasteiger partial charge in [-0.05, 0) is 51.4 Å². The molecule has 2 bridgehead atoms. The van der Waals surface area contributed by atoms with Crippen molar-refractivity contribution in [2.75, 3.05) is 13.6 Å². The molecule has 2 fully saturated rings. The number of ether oxygens (including phenoxy) is 1. The van der Waals surface area contributed by atoms with Crippen molar-refractivity contribution in [3.63, 3.8) is 0 Å². The second-order valence-corrected chi connectivity index (χ2v) is 7.79. The van der Waals surface area contributed by atoms with Crippen molar-refractivity contribution in [3.05, 3.63) is 23.3 Å². The molecule has 0 amide bonds. The third-order valence-electron chi connectivity index (χ3n) is 7.11. The van der Waals surface area contributed by atoms with Crippen LogP contribution in [0.25, 0.3) is 0 Å². The Labute approximate surface area is 134 Å². The molecule has 23 heavy (non-hydrogen) atoms. The number of Topliss-reactive ketones (excluding diaryl/α,β-unsaturated/α-hetero) is 1. The van der Waals surface area contributed by atoms with E-state index in [1.807, 2.05) is 20.0 Å². The van der Waals surface area contributed by atoms with Crippen LogP contribution in [0, 0.1) is 0 Å². The molecule has 5 heteroatoms. The van der Waals surface area contributed by atoms with E-state index in [2.05, 4.69) is 4.90 Å². The van der Waals surface area contributed by atoms with Gasteiger partial charge in [-0.3, -0.25) is 4.79 Å². The number of likely N-dealkylation sites (N-methyl/N-ethyl adjacent to an activating group) is 1. The lowest BCUT2D eigenvalue weighted by molar-refractivity contribution is -0.206. The zero-order valence-corrected chi connectivity index (χ0v) is 13.4. The van der Waals surface area contributed by atoms with Gasteiger partial charge < -0.3 is 19.8 Å². The number of phenols is 1. The third kappa shape index (κ3) is 1.18. The van der Waals surface area contributed by atoms with Gasteiger partial charge >= 0.3 is 0 Å². The van der Waals surface area contributed by atoms with Gasteiger partial charge in [0.25, 0.3) is 0 Å². The van der Waals surface area contributed by atoms with Gasteiger partial charge in [0, 0.05) is 18.0 Å². The van der Waals surface area contributed by atoms with Crippen LogP contribution in [0.1, 0.15) is 37.3 Å². The van der Waals surface area contributed by atoms with Gasteiger partial charge in [-0.15, -0.1) is 0 Å². The predicted molar refractivity (Wildman–Crippen MR) is 82.7 cm³/mol. The number of hydrogen-bond acceptors (Lipinski definition) is 5. The Morgan fingerprint density at radius 1 is 1.35 bits per heavy atom. The van der Waals surface area contributed by atoms with Crippen LogP contribution in [-0.4, -0.2) is 51.7 Å². The van der Waals surface area contributed by atoms with E-state index in [1.54, 1.807) is 6.07 Å². The summed E-state index contributed by atoms with van der Waals surface area (Å²) < 4.78 is 6.13. The van der Waals surface area contributed by atoms with Crippen LogP contribution in [-0.2, 0) is 16.6 Å². The first kappa shape index (κ1) is 13.8. The van der Waals surface area contributed by atoms with Crippen molar-refractivity contribution in [1.82, 2.24) is 4.90 Å². The van der Waals surface area contributed by atoms with E-state index in [0.717, 1.165) is 24.1 Å². The maximum Gasteiger partial charge on any atom is 0.177 e. The van der Waals surface area contributed by atoms with Gasteiger partial charge in [0.15, 0.2) is 22.9 Å². The molecule has 1 aromatic carbocycles. The molecule has 0 unspecified atom stereocenters. The molecular formula is C18H21NO4. The molecule has 122 valence electrons. The molecule has 5 nitrogen and oxygen atoms in total. The summed E-state index contributed by atoms with van der Waals surface area (Å²) in [7, 11) is 2.05. The minimum Gasteiger partial charge on any atom is -0.504 e. The molecule has 2 N–H and O–H groups in total. The first-order chi connectivity index (χ1) is 10.8. The van der Waals surface area contributed by atoms with Crippen LogP contribution in [0.4, 0.5) is 0 Å². The molecular weight excluding hydrogens is 294 g/mol.